The van der Waals surface area contributed by atoms with Crippen molar-refractivity contribution in [2.75, 3.05) is 5.73 Å². The van der Waals surface area contributed by atoms with Crippen molar-refractivity contribution in [1.82, 2.24) is 25.4 Å². The Morgan fingerprint density at radius 1 is 1.40 bits per heavy atom. The van der Waals surface area contributed by atoms with Crippen LogP contribution in [-0.2, 0) is 0 Å². The third kappa shape index (κ3) is 0.524. The number of nitrogen functional groups attached to an aromatic ring is 1. The zero-order valence-electron chi connectivity index (χ0n) is 4.87. The van der Waals surface area contributed by atoms with Crippen molar-refractivity contribution in [3.8, 4) is 0 Å². The highest BCUT2D eigenvalue weighted by Gasteiger charge is 2.01. The van der Waals surface area contributed by atoms with Crippen LogP contribution in [0.3, 0.4) is 0 Å². The Bertz CT molecular complexity index is 351. The van der Waals surface area contributed by atoms with Crippen LogP contribution in [0, 0.1) is 6.33 Å². The molecule has 0 saturated heterocycles. The normalized spacial score (nSPS) is 10.4. The fraction of sp³-hybridized carbons (Fsp3) is 0. The fourth-order valence-electron chi connectivity index (χ4n) is 0.655. The van der Waals surface area contributed by atoms with Crippen LogP contribution >= 0.6 is 0 Å². The zero-order valence-corrected chi connectivity index (χ0v) is 4.87. The van der Waals surface area contributed by atoms with Gasteiger partial charge in [0, 0.05) is 0 Å². The maximum Gasteiger partial charge on any atom is 0.202 e. The Morgan fingerprint density at radius 2 is 2.30 bits per heavy atom. The van der Waals surface area contributed by atoms with Crippen LogP contribution in [0.4, 0.5) is 5.82 Å². The van der Waals surface area contributed by atoms with Crippen LogP contribution in [0.5, 0.6) is 0 Å². The summed E-state index contributed by atoms with van der Waals surface area (Å²) in [6.07, 6.45) is 2.35. The van der Waals surface area contributed by atoms with Gasteiger partial charge >= 0.3 is 0 Å². The number of nitrogens with one attached hydrogen (secondary N) is 1. The number of rotatable bonds is 0. The molecule has 0 aliphatic rings. The molecule has 2 aromatic heterocycles. The van der Waals surface area contributed by atoms with Gasteiger partial charge < -0.3 is 5.73 Å². The van der Waals surface area contributed by atoms with Crippen molar-refractivity contribution in [2.45, 2.75) is 0 Å². The molecule has 0 amide bonds. The van der Waals surface area contributed by atoms with Crippen LogP contribution in [0.15, 0.2) is 0 Å². The van der Waals surface area contributed by atoms with Crippen LogP contribution < -0.4 is 5.73 Å². The molecule has 0 fully saturated rings. The minimum Gasteiger partial charge on any atom is -0.382 e. The Kier molecular flexibility index (Phi) is 0.830. The van der Waals surface area contributed by atoms with Gasteiger partial charge in [-0.1, -0.05) is 5.21 Å². The Hall–Kier alpha value is -1.72. The molecule has 6 heteroatoms. The summed E-state index contributed by atoms with van der Waals surface area (Å²) in [5, 5.41) is 9.66. The summed E-state index contributed by atoms with van der Waals surface area (Å²) in [5.74, 6) is 0.291. The van der Waals surface area contributed by atoms with E-state index in [0.717, 1.165) is 0 Å². The van der Waals surface area contributed by atoms with E-state index < -0.39 is 0 Å². The molecular weight excluding hydrogens is 132 g/mol. The van der Waals surface area contributed by atoms with E-state index in [1.54, 1.807) is 0 Å². The van der Waals surface area contributed by atoms with Crippen molar-refractivity contribution in [3.05, 3.63) is 6.33 Å². The second-order valence-electron chi connectivity index (χ2n) is 1.72. The molecule has 0 saturated carbocycles. The molecule has 1 radical (unpaired) electrons. The first kappa shape index (κ1) is 5.10. The molecule has 2 rings (SSSR count). The van der Waals surface area contributed by atoms with Gasteiger partial charge in [0.1, 0.15) is 0 Å². The average Bonchev–Trinajstić information content (AvgIpc) is 2.36. The van der Waals surface area contributed by atoms with Crippen molar-refractivity contribution >= 4 is 17.0 Å². The SMILES string of the molecule is Nc1n[c]nc2[nH]nnc12. The molecule has 0 bridgehead atoms. The minimum atomic E-state index is 0.291. The molecule has 0 unspecified atom stereocenters. The van der Waals surface area contributed by atoms with E-state index in [4.69, 9.17) is 5.73 Å². The number of nitrogens with zero attached hydrogens (tertiary/aromatic N) is 4. The zero-order chi connectivity index (χ0) is 6.97. The van der Waals surface area contributed by atoms with Gasteiger partial charge in [0.15, 0.2) is 17.0 Å². The summed E-state index contributed by atoms with van der Waals surface area (Å²) >= 11 is 0. The van der Waals surface area contributed by atoms with Crippen LogP contribution in [0.1, 0.15) is 0 Å². The number of aromatic nitrogens is 5. The van der Waals surface area contributed by atoms with E-state index in [2.05, 4.69) is 31.7 Å². The third-order valence-corrected chi connectivity index (χ3v) is 1.11. The number of H-pyrrole nitrogens is 1. The number of hydrogen-bond donors (Lipinski definition) is 2. The van der Waals surface area contributed by atoms with Crippen LogP contribution in [0.2, 0.25) is 0 Å². The highest BCUT2D eigenvalue weighted by Crippen LogP contribution is 2.07. The lowest BCUT2D eigenvalue weighted by Gasteiger charge is -1.86. The van der Waals surface area contributed by atoms with E-state index >= 15 is 0 Å². The summed E-state index contributed by atoms with van der Waals surface area (Å²) in [6, 6.07) is 0. The lowest BCUT2D eigenvalue weighted by Crippen LogP contribution is -1.92. The summed E-state index contributed by atoms with van der Waals surface area (Å²) in [5.41, 5.74) is 6.39. The third-order valence-electron chi connectivity index (χ3n) is 1.11. The highest BCUT2D eigenvalue weighted by atomic mass is 15.3. The predicted molar refractivity (Wildman–Crippen MR) is 32.7 cm³/mol. The molecular formula is C4H3N6. The first-order valence-electron chi connectivity index (χ1n) is 2.58. The fourth-order valence-corrected chi connectivity index (χ4v) is 0.655. The van der Waals surface area contributed by atoms with Crippen molar-refractivity contribution in [2.24, 2.45) is 0 Å². The van der Waals surface area contributed by atoms with Crippen molar-refractivity contribution in [1.29, 1.82) is 0 Å². The van der Waals surface area contributed by atoms with Gasteiger partial charge in [-0.15, -0.1) is 5.10 Å². The molecule has 0 spiro atoms. The number of aromatic amines is 1. The van der Waals surface area contributed by atoms with E-state index in [-0.39, 0.29) is 0 Å². The van der Waals surface area contributed by atoms with Crippen molar-refractivity contribution < 1.29 is 0 Å². The maximum atomic E-state index is 5.40. The first-order valence-corrected chi connectivity index (χ1v) is 2.58. The van der Waals surface area contributed by atoms with Gasteiger partial charge in [-0.3, -0.25) is 0 Å². The summed E-state index contributed by atoms with van der Waals surface area (Å²) < 4.78 is 0. The molecule has 6 nitrogen and oxygen atoms in total. The highest BCUT2D eigenvalue weighted by molar-refractivity contribution is 5.79. The molecule has 2 aromatic rings. The summed E-state index contributed by atoms with van der Waals surface area (Å²) in [7, 11) is 0. The van der Waals surface area contributed by atoms with E-state index in [9.17, 15) is 0 Å². The lowest BCUT2D eigenvalue weighted by molar-refractivity contribution is 0.954. The maximum absolute atomic E-state index is 5.40. The van der Waals surface area contributed by atoms with Gasteiger partial charge in [0.2, 0.25) is 6.33 Å². The van der Waals surface area contributed by atoms with Gasteiger partial charge in [-0.2, -0.15) is 0 Å². The molecule has 10 heavy (non-hydrogen) atoms. The lowest BCUT2D eigenvalue weighted by atomic mass is 10.5. The minimum absolute atomic E-state index is 0.291. The summed E-state index contributed by atoms with van der Waals surface area (Å²) in [6.45, 7) is 0. The second kappa shape index (κ2) is 1.63. The molecule has 0 aromatic carbocycles. The average molecular weight is 135 g/mol. The van der Waals surface area contributed by atoms with E-state index in [1.165, 1.54) is 0 Å². The smallest absolute Gasteiger partial charge is 0.202 e. The van der Waals surface area contributed by atoms with Gasteiger partial charge in [-0.25, -0.2) is 15.1 Å². The standard InChI is InChI=1S/C4H3N6/c5-3-2-4(7-1-6-3)9-10-8-2/h(H3,5,6,7,8,9,10). The predicted octanol–water partition coefficient (Wildman–Crippen LogP) is -0.870. The van der Waals surface area contributed by atoms with E-state index in [0.29, 0.717) is 17.0 Å². The molecule has 3 N–H and O–H groups in total. The van der Waals surface area contributed by atoms with Crippen LogP contribution in [-0.4, -0.2) is 25.4 Å². The van der Waals surface area contributed by atoms with Gasteiger partial charge in [0.25, 0.3) is 0 Å². The molecule has 0 aliphatic heterocycles. The quantitative estimate of drug-likeness (QED) is 0.489. The number of hydrogen-bond acceptors (Lipinski definition) is 5. The van der Waals surface area contributed by atoms with Gasteiger partial charge in [0.05, 0.1) is 0 Å². The van der Waals surface area contributed by atoms with Crippen molar-refractivity contribution in [3.63, 3.8) is 0 Å². The number of nitrogens with two attached hydrogens (primary N) is 1. The number of anilines is 1. The first-order chi connectivity index (χ1) is 4.88. The number of fused-ring (bicyclic) bond motifs is 1. The molecule has 0 aliphatic carbocycles. The summed E-state index contributed by atoms with van der Waals surface area (Å²) in [4.78, 5) is 7.30. The van der Waals surface area contributed by atoms with E-state index in [1.807, 2.05) is 0 Å². The molecule has 49 valence electrons. The molecule has 2 heterocycles. The van der Waals surface area contributed by atoms with Gasteiger partial charge in [-0.05, 0) is 0 Å². The Morgan fingerprint density at radius 3 is 3.10 bits per heavy atom. The second-order valence-corrected chi connectivity index (χ2v) is 1.72. The molecule has 0 atom stereocenters. The Labute approximate surface area is 55.5 Å². The largest absolute Gasteiger partial charge is 0.382 e. The topological polar surface area (TPSA) is 93.4 Å². The Balaban J connectivity index is 2.95. The monoisotopic (exact) mass is 135 g/mol. The van der Waals surface area contributed by atoms with Crippen LogP contribution in [0.25, 0.3) is 11.2 Å².